The van der Waals surface area contributed by atoms with E-state index in [-0.39, 0.29) is 17.9 Å². The van der Waals surface area contributed by atoms with E-state index >= 15 is 0 Å². The number of rotatable bonds is 3. The van der Waals surface area contributed by atoms with Gasteiger partial charge in [0, 0.05) is 5.92 Å². The van der Waals surface area contributed by atoms with Gasteiger partial charge < -0.3 is 10.4 Å². The molecule has 0 aromatic rings. The van der Waals surface area contributed by atoms with Gasteiger partial charge in [0.05, 0.1) is 12.1 Å². The van der Waals surface area contributed by atoms with Gasteiger partial charge in [0.25, 0.3) is 0 Å². The van der Waals surface area contributed by atoms with Gasteiger partial charge in [-0.3, -0.25) is 4.79 Å². The molecule has 4 heteroatoms. The molecule has 0 aromatic carbocycles. The Bertz CT molecular complexity index is 186. The van der Waals surface area contributed by atoms with E-state index in [4.69, 9.17) is 0 Å². The lowest BCUT2D eigenvalue weighted by atomic mass is 10.1. The second-order valence-corrected chi connectivity index (χ2v) is 3.73. The zero-order chi connectivity index (χ0) is 9.84. The Hall–Kier alpha value is -0.640. The minimum absolute atomic E-state index is 0.121. The lowest BCUT2D eigenvalue weighted by Crippen LogP contribution is -2.37. The Balaban J connectivity index is 2.31. The molecule has 0 aromatic heterocycles. The maximum absolute atomic E-state index is 12.0. The smallest absolute Gasteiger partial charge is 0.223 e. The first-order chi connectivity index (χ1) is 6.13. The highest BCUT2D eigenvalue weighted by Gasteiger charge is 2.28. The van der Waals surface area contributed by atoms with Crippen molar-refractivity contribution in [1.29, 1.82) is 0 Å². The number of nitrogens with one attached hydrogen (secondary N) is 1. The molecule has 0 aliphatic heterocycles. The van der Waals surface area contributed by atoms with Crippen LogP contribution in [0.1, 0.15) is 26.2 Å². The number of aliphatic hydroxyl groups is 1. The van der Waals surface area contributed by atoms with E-state index in [1.807, 2.05) is 0 Å². The predicted octanol–water partition coefficient (Wildman–Crippen LogP) is 0.622. The topological polar surface area (TPSA) is 49.3 Å². The van der Waals surface area contributed by atoms with Crippen LogP contribution >= 0.6 is 0 Å². The molecule has 1 unspecified atom stereocenters. The molecular weight excluding hydrogens is 173 g/mol. The minimum Gasteiger partial charge on any atom is -0.393 e. The fourth-order valence-corrected chi connectivity index (χ4v) is 1.60. The van der Waals surface area contributed by atoms with E-state index in [1.165, 1.54) is 0 Å². The molecule has 1 fully saturated rings. The molecule has 1 amide bonds. The minimum atomic E-state index is -0.541. The molecular formula is C9H16FNO2. The quantitative estimate of drug-likeness (QED) is 0.683. The third-order valence-electron chi connectivity index (χ3n) is 2.40. The van der Waals surface area contributed by atoms with Crippen molar-refractivity contribution in [3.8, 4) is 0 Å². The standard InChI is InChI=1S/C9H16FNO2/c1-6(5-10)11-9(13)7-2-3-8(12)4-7/h6-8,12H,2-5H2,1H3,(H,11,13)/t6?,7-,8-/m1/s1. The van der Waals surface area contributed by atoms with Gasteiger partial charge >= 0.3 is 0 Å². The van der Waals surface area contributed by atoms with Crippen LogP contribution in [0.3, 0.4) is 0 Å². The zero-order valence-electron chi connectivity index (χ0n) is 7.79. The summed E-state index contributed by atoms with van der Waals surface area (Å²) in [4.78, 5) is 11.4. The summed E-state index contributed by atoms with van der Waals surface area (Å²) < 4.78 is 12.0. The summed E-state index contributed by atoms with van der Waals surface area (Å²) in [5.74, 6) is -0.245. The van der Waals surface area contributed by atoms with Crippen molar-refractivity contribution in [2.45, 2.75) is 38.3 Å². The normalized spacial score (nSPS) is 30.1. The van der Waals surface area contributed by atoms with Gasteiger partial charge in [-0.25, -0.2) is 4.39 Å². The van der Waals surface area contributed by atoms with E-state index in [0.29, 0.717) is 19.3 Å². The van der Waals surface area contributed by atoms with Gasteiger partial charge in [-0.1, -0.05) is 0 Å². The molecule has 0 bridgehead atoms. The number of halogens is 1. The first kappa shape index (κ1) is 10.4. The Kier molecular flexibility index (Phi) is 3.66. The van der Waals surface area contributed by atoms with Crippen molar-refractivity contribution in [3.05, 3.63) is 0 Å². The summed E-state index contributed by atoms with van der Waals surface area (Å²) in [5, 5.41) is 11.8. The van der Waals surface area contributed by atoms with Crippen LogP contribution in [0, 0.1) is 5.92 Å². The van der Waals surface area contributed by atoms with E-state index in [0.717, 1.165) is 0 Å². The Morgan fingerprint density at radius 3 is 2.85 bits per heavy atom. The molecule has 1 rings (SSSR count). The number of hydrogen-bond donors (Lipinski definition) is 2. The Labute approximate surface area is 77.3 Å². The van der Waals surface area contributed by atoms with Gasteiger partial charge in [0.2, 0.25) is 5.91 Å². The molecule has 0 spiro atoms. The van der Waals surface area contributed by atoms with Gasteiger partial charge in [-0.15, -0.1) is 0 Å². The molecule has 0 saturated heterocycles. The van der Waals surface area contributed by atoms with Crippen LogP contribution < -0.4 is 5.32 Å². The van der Waals surface area contributed by atoms with Crippen molar-refractivity contribution < 1.29 is 14.3 Å². The number of hydrogen-bond acceptors (Lipinski definition) is 2. The van der Waals surface area contributed by atoms with Crippen molar-refractivity contribution in [1.82, 2.24) is 5.32 Å². The molecule has 1 saturated carbocycles. The van der Waals surface area contributed by atoms with Crippen LogP contribution in [0.4, 0.5) is 4.39 Å². The third kappa shape index (κ3) is 2.95. The van der Waals surface area contributed by atoms with Crippen LogP contribution in [0.15, 0.2) is 0 Å². The van der Waals surface area contributed by atoms with Gasteiger partial charge in [0.15, 0.2) is 0 Å². The van der Waals surface area contributed by atoms with Crippen molar-refractivity contribution in [2.75, 3.05) is 6.67 Å². The van der Waals surface area contributed by atoms with Crippen molar-refractivity contribution in [3.63, 3.8) is 0 Å². The summed E-state index contributed by atoms with van der Waals surface area (Å²) >= 11 is 0. The lowest BCUT2D eigenvalue weighted by molar-refractivity contribution is -0.125. The molecule has 3 atom stereocenters. The van der Waals surface area contributed by atoms with Gasteiger partial charge in [0.1, 0.15) is 6.67 Å². The second-order valence-electron chi connectivity index (χ2n) is 3.73. The van der Waals surface area contributed by atoms with Crippen LogP contribution in [-0.2, 0) is 4.79 Å². The number of carbonyl (C=O) groups excluding carboxylic acids is 1. The summed E-state index contributed by atoms with van der Waals surface area (Å²) in [5.41, 5.74) is 0. The molecule has 2 N–H and O–H groups in total. The van der Waals surface area contributed by atoms with E-state index in [9.17, 15) is 14.3 Å². The molecule has 0 radical (unpaired) electrons. The SMILES string of the molecule is CC(CF)NC(=O)[C@@H]1CC[C@@H](O)C1. The first-order valence-corrected chi connectivity index (χ1v) is 4.68. The van der Waals surface area contributed by atoms with Crippen LogP contribution in [-0.4, -0.2) is 29.8 Å². The Morgan fingerprint density at radius 2 is 2.38 bits per heavy atom. The average Bonchev–Trinajstić information content (AvgIpc) is 2.51. The molecule has 13 heavy (non-hydrogen) atoms. The van der Waals surface area contributed by atoms with Gasteiger partial charge in [-0.05, 0) is 26.2 Å². The molecule has 3 nitrogen and oxygen atoms in total. The predicted molar refractivity (Wildman–Crippen MR) is 46.9 cm³/mol. The number of amides is 1. The summed E-state index contributed by atoms with van der Waals surface area (Å²) in [6, 6.07) is -0.412. The number of alkyl halides is 1. The summed E-state index contributed by atoms with van der Waals surface area (Å²) in [7, 11) is 0. The van der Waals surface area contributed by atoms with Crippen LogP contribution in [0.5, 0.6) is 0 Å². The van der Waals surface area contributed by atoms with E-state index in [1.54, 1.807) is 6.92 Å². The largest absolute Gasteiger partial charge is 0.393 e. The summed E-state index contributed by atoms with van der Waals surface area (Å²) in [6.07, 6.45) is 1.57. The Morgan fingerprint density at radius 1 is 1.69 bits per heavy atom. The molecule has 76 valence electrons. The summed E-state index contributed by atoms with van der Waals surface area (Å²) in [6.45, 7) is 1.09. The van der Waals surface area contributed by atoms with Gasteiger partial charge in [-0.2, -0.15) is 0 Å². The molecule has 1 aliphatic carbocycles. The van der Waals surface area contributed by atoms with Crippen molar-refractivity contribution in [2.24, 2.45) is 5.92 Å². The third-order valence-corrected chi connectivity index (χ3v) is 2.40. The average molecular weight is 189 g/mol. The van der Waals surface area contributed by atoms with E-state index in [2.05, 4.69) is 5.32 Å². The van der Waals surface area contributed by atoms with Crippen LogP contribution in [0.2, 0.25) is 0 Å². The first-order valence-electron chi connectivity index (χ1n) is 4.68. The number of aliphatic hydroxyl groups excluding tert-OH is 1. The lowest BCUT2D eigenvalue weighted by Gasteiger charge is -2.13. The molecule has 1 aliphatic rings. The highest BCUT2D eigenvalue weighted by atomic mass is 19.1. The van der Waals surface area contributed by atoms with E-state index < -0.39 is 12.7 Å². The fourth-order valence-electron chi connectivity index (χ4n) is 1.60. The number of carbonyl (C=O) groups is 1. The maximum atomic E-state index is 12.0. The highest BCUT2D eigenvalue weighted by Crippen LogP contribution is 2.25. The van der Waals surface area contributed by atoms with Crippen molar-refractivity contribution >= 4 is 5.91 Å². The highest BCUT2D eigenvalue weighted by molar-refractivity contribution is 5.79. The monoisotopic (exact) mass is 189 g/mol. The maximum Gasteiger partial charge on any atom is 0.223 e. The zero-order valence-corrected chi connectivity index (χ0v) is 7.79. The second kappa shape index (κ2) is 4.56. The fraction of sp³-hybridized carbons (Fsp3) is 0.889. The van der Waals surface area contributed by atoms with Crippen LogP contribution in [0.25, 0.3) is 0 Å². The molecule has 0 heterocycles.